The monoisotopic (exact) mass is 156 g/mol. The Morgan fingerprint density at radius 1 is 1.64 bits per heavy atom. The zero-order valence-corrected chi connectivity index (χ0v) is 6.54. The minimum Gasteiger partial charge on any atom is -0.320 e. The van der Waals surface area contributed by atoms with Crippen molar-refractivity contribution >= 4 is 11.8 Å². The molecule has 2 amide bonds. The molecule has 0 aromatic heterocycles. The smallest absolute Gasteiger partial charge is 0.246 e. The van der Waals surface area contributed by atoms with E-state index in [0.717, 1.165) is 0 Å². The number of likely N-dealkylation sites (N-methyl/N-ethyl adjacent to an activating group) is 1. The Labute approximate surface area is 65.3 Å². The lowest BCUT2D eigenvalue weighted by Gasteiger charge is -2.27. The van der Waals surface area contributed by atoms with Gasteiger partial charge in [-0.25, -0.2) is 0 Å². The quantitative estimate of drug-likeness (QED) is 0.520. The van der Waals surface area contributed by atoms with Crippen LogP contribution in [0.4, 0.5) is 0 Å². The third kappa shape index (κ3) is 1.40. The van der Waals surface area contributed by atoms with Crippen molar-refractivity contribution in [1.82, 2.24) is 4.90 Å². The molecule has 0 saturated carbocycles. The van der Waals surface area contributed by atoms with Crippen molar-refractivity contribution in [2.24, 2.45) is 5.73 Å². The SMILES string of the molecule is CCN1C(=O)CCC(N)C1=O. The number of amides is 2. The summed E-state index contributed by atoms with van der Waals surface area (Å²) in [6.07, 6.45) is 0.898. The normalized spacial score (nSPS) is 26.0. The van der Waals surface area contributed by atoms with Gasteiger partial charge in [0, 0.05) is 13.0 Å². The van der Waals surface area contributed by atoms with Crippen LogP contribution in [0.1, 0.15) is 19.8 Å². The van der Waals surface area contributed by atoms with Gasteiger partial charge >= 0.3 is 0 Å². The van der Waals surface area contributed by atoms with Gasteiger partial charge in [-0.05, 0) is 13.3 Å². The third-order valence-electron chi connectivity index (χ3n) is 1.87. The number of piperidine rings is 1. The van der Waals surface area contributed by atoms with Crippen LogP contribution in [0.5, 0.6) is 0 Å². The molecule has 11 heavy (non-hydrogen) atoms. The minimum atomic E-state index is -0.465. The van der Waals surface area contributed by atoms with Crippen LogP contribution in [0.15, 0.2) is 0 Å². The van der Waals surface area contributed by atoms with Gasteiger partial charge < -0.3 is 5.73 Å². The van der Waals surface area contributed by atoms with Gasteiger partial charge in [-0.1, -0.05) is 0 Å². The number of likely N-dealkylation sites (tertiary alicyclic amines) is 1. The maximum Gasteiger partial charge on any atom is 0.246 e. The maximum atomic E-state index is 11.1. The summed E-state index contributed by atoms with van der Waals surface area (Å²) < 4.78 is 0. The predicted octanol–water partition coefficient (Wildman–Crippen LogP) is -0.517. The van der Waals surface area contributed by atoms with Gasteiger partial charge in [0.2, 0.25) is 11.8 Å². The Kier molecular flexibility index (Phi) is 2.24. The van der Waals surface area contributed by atoms with Crippen LogP contribution in [0.25, 0.3) is 0 Å². The first-order chi connectivity index (χ1) is 5.16. The van der Waals surface area contributed by atoms with E-state index in [9.17, 15) is 9.59 Å². The van der Waals surface area contributed by atoms with Gasteiger partial charge in [0.05, 0.1) is 6.04 Å². The van der Waals surface area contributed by atoms with Crippen molar-refractivity contribution in [2.75, 3.05) is 6.54 Å². The van der Waals surface area contributed by atoms with Gasteiger partial charge in [0.25, 0.3) is 0 Å². The molecule has 1 rings (SSSR count). The number of hydrogen-bond acceptors (Lipinski definition) is 3. The molecule has 4 heteroatoms. The average Bonchev–Trinajstić information content (AvgIpc) is 1.99. The Hall–Kier alpha value is -0.900. The van der Waals surface area contributed by atoms with Crippen LogP contribution >= 0.6 is 0 Å². The second-order valence-corrected chi connectivity index (χ2v) is 2.62. The van der Waals surface area contributed by atoms with Gasteiger partial charge in [-0.15, -0.1) is 0 Å². The van der Waals surface area contributed by atoms with E-state index in [1.54, 1.807) is 6.92 Å². The van der Waals surface area contributed by atoms with Crippen molar-refractivity contribution in [3.05, 3.63) is 0 Å². The Bertz CT molecular complexity index is 191. The number of hydrogen-bond donors (Lipinski definition) is 1. The summed E-state index contributed by atoms with van der Waals surface area (Å²) in [4.78, 5) is 23.4. The highest BCUT2D eigenvalue weighted by molar-refractivity contribution is 6.00. The molecule has 0 radical (unpaired) electrons. The number of carbonyl (C=O) groups is 2. The van der Waals surface area contributed by atoms with Gasteiger partial charge in [-0.3, -0.25) is 14.5 Å². The first-order valence-electron chi connectivity index (χ1n) is 3.76. The number of rotatable bonds is 1. The summed E-state index contributed by atoms with van der Waals surface area (Å²) in [6, 6.07) is -0.465. The lowest BCUT2D eigenvalue weighted by atomic mass is 10.1. The summed E-state index contributed by atoms with van der Waals surface area (Å²) in [6.45, 7) is 2.21. The van der Waals surface area contributed by atoms with E-state index >= 15 is 0 Å². The Balaban J connectivity index is 2.71. The van der Waals surface area contributed by atoms with Crippen LogP contribution in [0, 0.1) is 0 Å². The van der Waals surface area contributed by atoms with Gasteiger partial charge in [0.15, 0.2) is 0 Å². The molecule has 1 aliphatic rings. The summed E-state index contributed by atoms with van der Waals surface area (Å²) in [5.74, 6) is -0.331. The number of nitrogens with two attached hydrogens (primary N) is 1. The molecule has 1 heterocycles. The highest BCUT2D eigenvalue weighted by atomic mass is 16.2. The van der Waals surface area contributed by atoms with Gasteiger partial charge in [0.1, 0.15) is 0 Å². The molecule has 1 aliphatic heterocycles. The Morgan fingerprint density at radius 3 is 2.73 bits per heavy atom. The zero-order valence-electron chi connectivity index (χ0n) is 6.54. The van der Waals surface area contributed by atoms with Crippen molar-refractivity contribution in [3.63, 3.8) is 0 Å². The van der Waals surface area contributed by atoms with Crippen LogP contribution in [0.2, 0.25) is 0 Å². The minimum absolute atomic E-state index is 0.0980. The fourth-order valence-electron chi connectivity index (χ4n) is 1.19. The summed E-state index contributed by atoms with van der Waals surface area (Å²) >= 11 is 0. The molecule has 1 saturated heterocycles. The molecule has 1 fully saturated rings. The number of imide groups is 1. The molecule has 0 aromatic rings. The number of nitrogens with zero attached hydrogens (tertiary/aromatic N) is 1. The summed E-state index contributed by atoms with van der Waals surface area (Å²) in [7, 11) is 0. The van der Waals surface area contributed by atoms with Crippen LogP contribution in [0.3, 0.4) is 0 Å². The van der Waals surface area contributed by atoms with Crippen LogP contribution in [-0.2, 0) is 9.59 Å². The molecular formula is C7H12N2O2. The van der Waals surface area contributed by atoms with E-state index in [-0.39, 0.29) is 11.8 Å². The highest BCUT2D eigenvalue weighted by Crippen LogP contribution is 2.10. The van der Waals surface area contributed by atoms with E-state index in [4.69, 9.17) is 5.73 Å². The van der Waals surface area contributed by atoms with Gasteiger partial charge in [-0.2, -0.15) is 0 Å². The van der Waals surface area contributed by atoms with Crippen LogP contribution < -0.4 is 5.73 Å². The topological polar surface area (TPSA) is 63.4 Å². The molecule has 2 N–H and O–H groups in total. The predicted molar refractivity (Wildman–Crippen MR) is 39.6 cm³/mol. The highest BCUT2D eigenvalue weighted by Gasteiger charge is 2.30. The van der Waals surface area contributed by atoms with Crippen LogP contribution in [-0.4, -0.2) is 29.3 Å². The molecule has 0 aliphatic carbocycles. The molecule has 62 valence electrons. The first-order valence-corrected chi connectivity index (χ1v) is 3.76. The molecular weight excluding hydrogens is 144 g/mol. The standard InChI is InChI=1S/C7H12N2O2/c1-2-9-6(10)4-3-5(8)7(9)11/h5H,2-4,8H2,1H3. The van der Waals surface area contributed by atoms with E-state index in [1.165, 1.54) is 4.90 Å². The zero-order chi connectivity index (χ0) is 8.43. The van der Waals surface area contributed by atoms with Crippen molar-refractivity contribution in [1.29, 1.82) is 0 Å². The van der Waals surface area contributed by atoms with Crippen molar-refractivity contribution in [2.45, 2.75) is 25.8 Å². The van der Waals surface area contributed by atoms with Crippen molar-refractivity contribution in [3.8, 4) is 0 Å². The second kappa shape index (κ2) is 3.00. The summed E-state index contributed by atoms with van der Waals surface area (Å²) in [5, 5.41) is 0. The fourth-order valence-corrected chi connectivity index (χ4v) is 1.19. The van der Waals surface area contributed by atoms with E-state index in [1.807, 2.05) is 0 Å². The van der Waals surface area contributed by atoms with E-state index in [0.29, 0.717) is 19.4 Å². The van der Waals surface area contributed by atoms with Crippen molar-refractivity contribution < 1.29 is 9.59 Å². The average molecular weight is 156 g/mol. The number of carbonyl (C=O) groups excluding carboxylic acids is 2. The maximum absolute atomic E-state index is 11.1. The molecule has 4 nitrogen and oxygen atoms in total. The molecule has 0 bridgehead atoms. The largest absolute Gasteiger partial charge is 0.320 e. The lowest BCUT2D eigenvalue weighted by Crippen LogP contribution is -2.50. The Morgan fingerprint density at radius 2 is 2.27 bits per heavy atom. The summed E-state index contributed by atoms with van der Waals surface area (Å²) in [5.41, 5.74) is 5.46. The second-order valence-electron chi connectivity index (χ2n) is 2.62. The molecule has 1 unspecified atom stereocenters. The van der Waals surface area contributed by atoms with E-state index < -0.39 is 6.04 Å². The lowest BCUT2D eigenvalue weighted by molar-refractivity contribution is -0.148. The first kappa shape index (κ1) is 8.20. The fraction of sp³-hybridized carbons (Fsp3) is 0.714. The van der Waals surface area contributed by atoms with E-state index in [2.05, 4.69) is 0 Å². The molecule has 1 atom stereocenters. The third-order valence-corrected chi connectivity index (χ3v) is 1.87. The molecule has 0 spiro atoms. The molecule has 0 aromatic carbocycles.